The average Bonchev–Trinajstić information content (AvgIpc) is 2.70. The standard InChI is InChI=1S/C21H16FN3O2/c22-16-9-7-15(8-10-16)19-20(26)24-13-4-2-6-18(24)25(21(19)27)14-11-17-5-1-3-12-23-17/h1-10,12-13H,11,14H2/p+1. The maximum Gasteiger partial charge on any atom is 0.354 e. The molecule has 4 rings (SSSR count). The lowest BCUT2D eigenvalue weighted by Crippen LogP contribution is -2.41. The molecule has 4 aromatic rings. The molecule has 0 amide bonds. The van der Waals surface area contributed by atoms with Crippen LogP contribution in [0.3, 0.4) is 0 Å². The number of fused-ring (bicyclic) bond motifs is 1. The van der Waals surface area contributed by atoms with Crippen molar-refractivity contribution in [3.63, 3.8) is 0 Å². The summed E-state index contributed by atoms with van der Waals surface area (Å²) in [6.45, 7) is 0.435. The predicted molar refractivity (Wildman–Crippen MR) is 98.9 cm³/mol. The quantitative estimate of drug-likeness (QED) is 0.568. The van der Waals surface area contributed by atoms with Gasteiger partial charge in [0.05, 0.1) is 12.7 Å². The van der Waals surface area contributed by atoms with Crippen molar-refractivity contribution in [1.82, 2.24) is 9.38 Å². The van der Waals surface area contributed by atoms with E-state index in [1.54, 1.807) is 29.1 Å². The minimum Gasteiger partial charge on any atom is -0.477 e. The molecule has 0 radical (unpaired) electrons. The number of halogens is 1. The van der Waals surface area contributed by atoms with Crippen molar-refractivity contribution >= 4 is 5.65 Å². The molecule has 1 N–H and O–H groups in total. The van der Waals surface area contributed by atoms with Crippen LogP contribution in [0.4, 0.5) is 4.39 Å². The smallest absolute Gasteiger partial charge is 0.354 e. The third-order valence-corrected chi connectivity index (χ3v) is 4.48. The molecular formula is C21H17FN3O2+. The molecule has 0 bridgehead atoms. The van der Waals surface area contributed by atoms with Crippen LogP contribution in [0.1, 0.15) is 5.69 Å². The summed E-state index contributed by atoms with van der Waals surface area (Å²) in [4.78, 5) is 17.3. The van der Waals surface area contributed by atoms with Crippen LogP contribution in [-0.4, -0.2) is 14.5 Å². The van der Waals surface area contributed by atoms with Gasteiger partial charge in [-0.25, -0.2) is 9.18 Å². The van der Waals surface area contributed by atoms with Crippen LogP contribution < -0.4 is 10.1 Å². The summed E-state index contributed by atoms with van der Waals surface area (Å²) in [5.74, 6) is -0.545. The Morgan fingerprint density at radius 2 is 1.81 bits per heavy atom. The highest BCUT2D eigenvalue weighted by Gasteiger charge is 2.24. The van der Waals surface area contributed by atoms with E-state index in [4.69, 9.17) is 0 Å². The normalized spacial score (nSPS) is 11.0. The number of hydrogen-bond acceptors (Lipinski definition) is 3. The number of hydrogen-bond donors (Lipinski definition) is 1. The summed E-state index contributed by atoms with van der Waals surface area (Å²) in [5.41, 5.74) is 1.70. The van der Waals surface area contributed by atoms with Crippen LogP contribution >= 0.6 is 0 Å². The molecule has 0 aliphatic heterocycles. The van der Waals surface area contributed by atoms with Gasteiger partial charge in [-0.2, -0.15) is 8.97 Å². The van der Waals surface area contributed by atoms with Crippen molar-refractivity contribution in [3.05, 3.63) is 94.9 Å². The van der Waals surface area contributed by atoms with E-state index in [0.29, 0.717) is 24.2 Å². The van der Waals surface area contributed by atoms with Crippen LogP contribution in [0.15, 0.2) is 77.9 Å². The molecule has 0 saturated carbocycles. The van der Waals surface area contributed by atoms with Crippen molar-refractivity contribution in [2.24, 2.45) is 0 Å². The van der Waals surface area contributed by atoms with Gasteiger partial charge < -0.3 is 5.11 Å². The molecule has 5 nitrogen and oxygen atoms in total. The van der Waals surface area contributed by atoms with Gasteiger partial charge in [-0.15, -0.1) is 0 Å². The molecule has 0 atom stereocenters. The van der Waals surface area contributed by atoms with E-state index in [-0.39, 0.29) is 17.0 Å². The summed E-state index contributed by atoms with van der Waals surface area (Å²) < 4.78 is 16.4. The predicted octanol–water partition coefficient (Wildman–Crippen LogP) is 2.74. The van der Waals surface area contributed by atoms with Crippen LogP contribution in [0, 0.1) is 5.82 Å². The molecule has 0 spiro atoms. The Balaban J connectivity index is 1.89. The van der Waals surface area contributed by atoms with E-state index in [1.807, 2.05) is 24.3 Å². The fraction of sp³-hybridized carbons (Fsp3) is 0.0952. The highest BCUT2D eigenvalue weighted by atomic mass is 19.1. The van der Waals surface area contributed by atoms with Gasteiger partial charge in [0.2, 0.25) is 0 Å². The number of aromatic nitrogens is 3. The van der Waals surface area contributed by atoms with Crippen molar-refractivity contribution in [2.45, 2.75) is 13.0 Å². The molecular weight excluding hydrogens is 345 g/mol. The first-order valence-electron chi connectivity index (χ1n) is 8.57. The zero-order valence-corrected chi connectivity index (χ0v) is 14.4. The van der Waals surface area contributed by atoms with Crippen molar-refractivity contribution in [3.8, 4) is 17.0 Å². The Morgan fingerprint density at radius 1 is 1.04 bits per heavy atom. The molecule has 0 unspecified atom stereocenters. The second-order valence-electron chi connectivity index (χ2n) is 6.16. The van der Waals surface area contributed by atoms with E-state index in [0.717, 1.165) is 5.69 Å². The van der Waals surface area contributed by atoms with Crippen molar-refractivity contribution in [2.75, 3.05) is 0 Å². The number of pyridine rings is 2. The summed E-state index contributed by atoms with van der Waals surface area (Å²) in [6, 6.07) is 16.5. The molecule has 134 valence electrons. The summed E-state index contributed by atoms with van der Waals surface area (Å²) in [7, 11) is 0. The maximum atomic E-state index is 13.3. The average molecular weight is 362 g/mol. The van der Waals surface area contributed by atoms with Gasteiger partial charge in [0.1, 0.15) is 5.82 Å². The second kappa shape index (κ2) is 6.99. The van der Waals surface area contributed by atoms with Gasteiger partial charge in [0.15, 0.2) is 5.56 Å². The van der Waals surface area contributed by atoms with Crippen LogP contribution in [0.25, 0.3) is 16.8 Å². The van der Waals surface area contributed by atoms with Gasteiger partial charge in [-0.05, 0) is 35.9 Å². The van der Waals surface area contributed by atoms with Gasteiger partial charge in [-0.1, -0.05) is 24.3 Å². The third-order valence-electron chi connectivity index (χ3n) is 4.48. The third kappa shape index (κ3) is 3.17. The van der Waals surface area contributed by atoms with E-state index in [1.165, 1.54) is 28.7 Å². The monoisotopic (exact) mass is 362 g/mol. The van der Waals surface area contributed by atoms with Crippen molar-refractivity contribution < 1.29 is 14.1 Å². The Kier molecular flexibility index (Phi) is 4.38. The first kappa shape index (κ1) is 16.9. The summed E-state index contributed by atoms with van der Waals surface area (Å²) in [5, 5.41) is 10.9. The number of rotatable bonds is 4. The lowest BCUT2D eigenvalue weighted by molar-refractivity contribution is -0.679. The van der Waals surface area contributed by atoms with Crippen LogP contribution in [0.5, 0.6) is 5.88 Å². The highest BCUT2D eigenvalue weighted by molar-refractivity contribution is 5.67. The Hall–Kier alpha value is -3.54. The van der Waals surface area contributed by atoms with Gasteiger partial charge in [0, 0.05) is 24.4 Å². The lowest BCUT2D eigenvalue weighted by Gasteiger charge is -2.10. The Labute approximate surface area is 154 Å². The van der Waals surface area contributed by atoms with E-state index in [2.05, 4.69) is 4.98 Å². The fourth-order valence-electron chi connectivity index (χ4n) is 3.15. The molecule has 0 aliphatic carbocycles. The van der Waals surface area contributed by atoms with Gasteiger partial charge in [0.25, 0.3) is 11.5 Å². The first-order valence-corrected chi connectivity index (χ1v) is 8.57. The largest absolute Gasteiger partial charge is 0.477 e. The molecule has 0 fully saturated rings. The lowest BCUT2D eigenvalue weighted by atomic mass is 10.1. The molecule has 0 saturated heterocycles. The van der Waals surface area contributed by atoms with E-state index >= 15 is 0 Å². The number of aryl methyl sites for hydroxylation is 2. The molecule has 6 heteroatoms. The zero-order chi connectivity index (χ0) is 18.8. The molecule has 3 heterocycles. The Morgan fingerprint density at radius 3 is 2.56 bits per heavy atom. The van der Waals surface area contributed by atoms with Crippen LogP contribution in [-0.2, 0) is 13.0 Å². The number of benzene rings is 1. The van der Waals surface area contributed by atoms with Gasteiger partial charge in [-0.3, -0.25) is 4.98 Å². The SMILES string of the molecule is O=c1c(-c2ccc(F)cc2)c(O)[n+](CCc2ccccn2)c2ccccn12. The summed E-state index contributed by atoms with van der Waals surface area (Å²) >= 11 is 0. The zero-order valence-electron chi connectivity index (χ0n) is 14.4. The first-order chi connectivity index (χ1) is 13.1. The minimum absolute atomic E-state index is 0.139. The fourth-order valence-corrected chi connectivity index (χ4v) is 3.15. The molecule has 0 aliphatic rings. The molecule has 1 aromatic carbocycles. The topological polar surface area (TPSA) is 58.5 Å². The molecule has 27 heavy (non-hydrogen) atoms. The van der Waals surface area contributed by atoms with Crippen LogP contribution in [0.2, 0.25) is 0 Å². The summed E-state index contributed by atoms with van der Waals surface area (Å²) in [6.07, 6.45) is 3.96. The van der Waals surface area contributed by atoms with Crippen molar-refractivity contribution in [1.29, 1.82) is 0 Å². The van der Waals surface area contributed by atoms with Gasteiger partial charge >= 0.3 is 5.56 Å². The van der Waals surface area contributed by atoms with E-state index < -0.39 is 5.82 Å². The minimum atomic E-state index is -0.401. The second-order valence-corrected chi connectivity index (χ2v) is 6.16. The highest BCUT2D eigenvalue weighted by Crippen LogP contribution is 2.23. The number of nitrogens with zero attached hydrogens (tertiary/aromatic N) is 3. The maximum absolute atomic E-state index is 13.3. The van der Waals surface area contributed by atoms with E-state index in [9.17, 15) is 14.3 Å². The number of aromatic hydroxyl groups is 1. The Bertz CT molecular complexity index is 1160. The molecule has 3 aromatic heterocycles.